The normalized spacial score (nSPS) is 13.0. The summed E-state index contributed by atoms with van der Waals surface area (Å²) < 4.78 is 1.71. The van der Waals surface area contributed by atoms with Gasteiger partial charge in [-0.15, -0.1) is 10.2 Å². The van der Waals surface area contributed by atoms with Gasteiger partial charge >= 0.3 is 0 Å². The highest BCUT2D eigenvalue weighted by atomic mass is 15.3. The van der Waals surface area contributed by atoms with Gasteiger partial charge in [-0.1, -0.05) is 19.9 Å². The molecule has 1 aromatic carbocycles. The summed E-state index contributed by atoms with van der Waals surface area (Å²) in [6.45, 7) is 8.39. The van der Waals surface area contributed by atoms with Crippen molar-refractivity contribution in [3.8, 4) is 0 Å². The molecule has 0 bridgehead atoms. The second kappa shape index (κ2) is 5.84. The Labute approximate surface area is 145 Å². The van der Waals surface area contributed by atoms with Crippen molar-refractivity contribution in [3.05, 3.63) is 47.7 Å². The molecule has 1 unspecified atom stereocenters. The lowest BCUT2D eigenvalue weighted by Gasteiger charge is -2.15. The van der Waals surface area contributed by atoms with Crippen LogP contribution in [0.3, 0.4) is 0 Å². The van der Waals surface area contributed by atoms with E-state index in [9.17, 15) is 0 Å². The van der Waals surface area contributed by atoms with Gasteiger partial charge in [-0.3, -0.25) is 0 Å². The molecule has 0 saturated heterocycles. The summed E-state index contributed by atoms with van der Waals surface area (Å²) in [4.78, 5) is 8.10. The molecule has 3 aromatic heterocycles. The zero-order valence-corrected chi connectivity index (χ0v) is 14.8. The Morgan fingerprint density at radius 1 is 1.16 bits per heavy atom. The van der Waals surface area contributed by atoms with E-state index < -0.39 is 0 Å². The smallest absolute Gasteiger partial charge is 0.200 e. The second-order valence-electron chi connectivity index (χ2n) is 6.75. The van der Waals surface area contributed by atoms with Crippen molar-refractivity contribution >= 4 is 22.4 Å². The van der Waals surface area contributed by atoms with E-state index >= 15 is 0 Å². The Hall–Kier alpha value is -2.96. The van der Waals surface area contributed by atoms with Gasteiger partial charge in [-0.05, 0) is 43.5 Å². The predicted molar refractivity (Wildman–Crippen MR) is 97.7 cm³/mol. The summed E-state index contributed by atoms with van der Waals surface area (Å²) in [7, 11) is 0. The van der Waals surface area contributed by atoms with Gasteiger partial charge in [-0.25, -0.2) is 4.98 Å². The third kappa shape index (κ3) is 2.82. The van der Waals surface area contributed by atoms with Crippen molar-refractivity contribution in [2.75, 3.05) is 5.32 Å². The average molecular weight is 335 g/mol. The molecule has 25 heavy (non-hydrogen) atoms. The number of fused-ring (bicyclic) bond motifs is 2. The molecule has 0 aliphatic rings. The highest BCUT2D eigenvalue weighted by Gasteiger charge is 2.15. The minimum atomic E-state index is -0.00406. The van der Waals surface area contributed by atoms with Crippen LogP contribution >= 0.6 is 0 Å². The van der Waals surface area contributed by atoms with Gasteiger partial charge in [0.15, 0.2) is 0 Å². The number of nitrogens with zero attached hydrogens (tertiary/aromatic N) is 5. The number of anilines is 1. The lowest BCUT2D eigenvalue weighted by Crippen LogP contribution is -2.11. The van der Waals surface area contributed by atoms with Gasteiger partial charge in [0.2, 0.25) is 5.65 Å². The van der Waals surface area contributed by atoms with Crippen LogP contribution in [0.25, 0.3) is 16.7 Å². The monoisotopic (exact) mass is 335 g/mol. The topological polar surface area (TPSA) is 83.8 Å². The highest BCUT2D eigenvalue weighted by Crippen LogP contribution is 2.25. The molecule has 7 nitrogen and oxygen atoms in total. The van der Waals surface area contributed by atoms with Crippen LogP contribution in [0.4, 0.5) is 5.69 Å². The molecule has 2 N–H and O–H groups in total. The number of aromatic nitrogens is 6. The fourth-order valence-electron chi connectivity index (χ4n) is 2.88. The fraction of sp³-hybridized carbons (Fsp3) is 0.333. The van der Waals surface area contributed by atoms with E-state index in [0.717, 1.165) is 28.2 Å². The largest absolute Gasteiger partial charge is 0.372 e. The Balaban J connectivity index is 1.70. The van der Waals surface area contributed by atoms with E-state index in [0.29, 0.717) is 11.6 Å². The molecule has 0 fully saturated rings. The van der Waals surface area contributed by atoms with Gasteiger partial charge in [0, 0.05) is 0 Å². The molecular weight excluding hydrogens is 314 g/mol. The zero-order valence-electron chi connectivity index (χ0n) is 14.8. The maximum absolute atomic E-state index is 4.70. The first-order valence-corrected chi connectivity index (χ1v) is 8.45. The van der Waals surface area contributed by atoms with Crippen molar-refractivity contribution in [1.29, 1.82) is 0 Å². The van der Waals surface area contributed by atoms with E-state index in [1.807, 2.05) is 12.1 Å². The van der Waals surface area contributed by atoms with Crippen LogP contribution in [0.15, 0.2) is 30.6 Å². The van der Waals surface area contributed by atoms with Gasteiger partial charge < -0.3 is 10.3 Å². The molecule has 128 valence electrons. The number of hydrogen-bond acceptors (Lipinski definition) is 5. The summed E-state index contributed by atoms with van der Waals surface area (Å²) >= 11 is 0. The number of aryl methyl sites for hydroxylation is 1. The SMILES string of the molecule is Cc1ccc2nc(C(C)Nc3cc(C(C)C)nn4cnnc34)[nH]c2c1. The van der Waals surface area contributed by atoms with E-state index in [4.69, 9.17) is 4.98 Å². The molecule has 0 aliphatic heterocycles. The van der Waals surface area contributed by atoms with Crippen LogP contribution in [0.1, 0.15) is 49.8 Å². The Bertz CT molecular complexity index is 1040. The van der Waals surface area contributed by atoms with Crippen molar-refractivity contribution in [2.24, 2.45) is 0 Å². The lowest BCUT2D eigenvalue weighted by molar-refractivity contribution is 0.757. The maximum atomic E-state index is 4.70. The van der Waals surface area contributed by atoms with E-state index in [-0.39, 0.29) is 6.04 Å². The van der Waals surface area contributed by atoms with Crippen LogP contribution in [0, 0.1) is 6.92 Å². The quantitative estimate of drug-likeness (QED) is 0.595. The van der Waals surface area contributed by atoms with Gasteiger partial charge in [0.1, 0.15) is 12.2 Å². The van der Waals surface area contributed by atoms with E-state index in [1.54, 1.807) is 10.8 Å². The highest BCUT2D eigenvalue weighted by molar-refractivity contribution is 5.76. The summed E-state index contributed by atoms with van der Waals surface area (Å²) in [6.07, 6.45) is 1.63. The summed E-state index contributed by atoms with van der Waals surface area (Å²) in [5.41, 5.74) is 5.84. The van der Waals surface area contributed by atoms with Crippen molar-refractivity contribution < 1.29 is 0 Å². The summed E-state index contributed by atoms with van der Waals surface area (Å²) in [6, 6.07) is 8.26. The zero-order chi connectivity index (χ0) is 17.6. The number of H-pyrrole nitrogens is 1. The molecule has 0 amide bonds. The molecule has 4 rings (SSSR count). The van der Waals surface area contributed by atoms with Gasteiger partial charge in [0.25, 0.3) is 0 Å². The number of nitrogens with one attached hydrogen (secondary N) is 2. The molecule has 0 saturated carbocycles. The van der Waals surface area contributed by atoms with Crippen molar-refractivity contribution in [1.82, 2.24) is 29.8 Å². The minimum absolute atomic E-state index is 0.00406. The standard InChI is InChI=1S/C18H21N7/c1-10(2)14-8-16(18-23-19-9-25(18)24-14)20-12(4)17-21-13-6-5-11(3)7-15(13)22-17/h5-10,12,20H,1-4H3,(H,21,22). The molecule has 0 radical (unpaired) electrons. The van der Waals surface area contributed by atoms with Crippen LogP contribution < -0.4 is 5.32 Å². The number of hydrogen-bond donors (Lipinski definition) is 2. The molecule has 0 spiro atoms. The summed E-state index contributed by atoms with van der Waals surface area (Å²) in [5.74, 6) is 1.21. The fourth-order valence-corrected chi connectivity index (χ4v) is 2.88. The Morgan fingerprint density at radius 3 is 2.80 bits per heavy atom. The van der Waals surface area contributed by atoms with E-state index in [1.165, 1.54) is 5.56 Å². The average Bonchev–Trinajstić information content (AvgIpc) is 3.20. The van der Waals surface area contributed by atoms with E-state index in [2.05, 4.69) is 65.4 Å². The van der Waals surface area contributed by atoms with Crippen LogP contribution in [-0.2, 0) is 0 Å². The Morgan fingerprint density at radius 2 is 2.00 bits per heavy atom. The number of benzene rings is 1. The van der Waals surface area contributed by atoms with Crippen LogP contribution in [0.2, 0.25) is 0 Å². The summed E-state index contributed by atoms with van der Waals surface area (Å²) in [5, 5.41) is 16.2. The molecule has 0 aliphatic carbocycles. The third-order valence-electron chi connectivity index (χ3n) is 4.32. The molecule has 4 aromatic rings. The van der Waals surface area contributed by atoms with Gasteiger partial charge in [0.05, 0.1) is 28.5 Å². The van der Waals surface area contributed by atoms with Crippen LogP contribution in [-0.4, -0.2) is 29.8 Å². The maximum Gasteiger partial charge on any atom is 0.200 e. The van der Waals surface area contributed by atoms with Crippen molar-refractivity contribution in [2.45, 2.75) is 39.7 Å². The first-order valence-electron chi connectivity index (χ1n) is 8.45. The minimum Gasteiger partial charge on any atom is -0.372 e. The molecular formula is C18H21N7. The first kappa shape index (κ1) is 15.6. The Kier molecular flexibility index (Phi) is 3.63. The van der Waals surface area contributed by atoms with Gasteiger partial charge in [-0.2, -0.15) is 9.61 Å². The first-order chi connectivity index (χ1) is 12.0. The number of aromatic amines is 1. The third-order valence-corrected chi connectivity index (χ3v) is 4.32. The molecule has 7 heteroatoms. The number of rotatable bonds is 4. The molecule has 1 atom stereocenters. The lowest BCUT2D eigenvalue weighted by atomic mass is 10.1. The number of imidazole rings is 1. The second-order valence-corrected chi connectivity index (χ2v) is 6.75. The van der Waals surface area contributed by atoms with Crippen molar-refractivity contribution in [3.63, 3.8) is 0 Å². The predicted octanol–water partition coefficient (Wildman–Crippen LogP) is 3.61. The molecule has 3 heterocycles. The van der Waals surface area contributed by atoms with Crippen LogP contribution in [0.5, 0.6) is 0 Å².